The number of rotatable bonds is 6. The van der Waals surface area contributed by atoms with Gasteiger partial charge in [-0.15, -0.1) is 0 Å². The van der Waals surface area contributed by atoms with E-state index in [0.29, 0.717) is 11.0 Å². The van der Waals surface area contributed by atoms with E-state index in [-0.39, 0.29) is 17.8 Å². The maximum atomic E-state index is 13.0. The van der Waals surface area contributed by atoms with E-state index in [9.17, 15) is 4.39 Å². The first-order valence-electron chi connectivity index (χ1n) is 5.70. The summed E-state index contributed by atoms with van der Waals surface area (Å²) in [4.78, 5) is 0. The molecule has 0 spiro atoms. The molecular formula is C13H19BrFNO. The summed E-state index contributed by atoms with van der Waals surface area (Å²) in [6.07, 6.45) is 0.771. The molecule has 0 heterocycles. The molecular weight excluding hydrogens is 285 g/mol. The summed E-state index contributed by atoms with van der Waals surface area (Å²) < 4.78 is 13.5. The molecule has 1 aromatic rings. The Balaban J connectivity index is 2.43. The van der Waals surface area contributed by atoms with Gasteiger partial charge in [-0.1, -0.05) is 19.9 Å². The fourth-order valence-electron chi connectivity index (χ4n) is 1.59. The van der Waals surface area contributed by atoms with Crippen LogP contribution in [0.15, 0.2) is 22.7 Å². The van der Waals surface area contributed by atoms with Gasteiger partial charge in [0.05, 0.1) is 4.47 Å². The minimum Gasteiger partial charge on any atom is -0.396 e. The molecule has 0 aliphatic heterocycles. The van der Waals surface area contributed by atoms with Crippen LogP contribution in [0.5, 0.6) is 0 Å². The van der Waals surface area contributed by atoms with Crippen molar-refractivity contribution in [3.8, 4) is 0 Å². The number of hydrogen-bond acceptors (Lipinski definition) is 2. The summed E-state index contributed by atoms with van der Waals surface area (Å²) in [5, 5.41) is 12.2. The number of hydrogen-bond donors (Lipinski definition) is 2. The molecule has 2 nitrogen and oxygen atoms in total. The van der Waals surface area contributed by atoms with Gasteiger partial charge in [0, 0.05) is 19.7 Å². The molecule has 0 bridgehead atoms. The van der Waals surface area contributed by atoms with Gasteiger partial charge in [-0.05, 0) is 45.5 Å². The molecule has 2 N–H and O–H groups in total. The van der Waals surface area contributed by atoms with Crippen molar-refractivity contribution >= 4 is 15.9 Å². The van der Waals surface area contributed by atoms with Gasteiger partial charge in [-0.25, -0.2) is 4.39 Å². The lowest BCUT2D eigenvalue weighted by atomic mass is 9.90. The Morgan fingerprint density at radius 2 is 2.12 bits per heavy atom. The minimum atomic E-state index is -0.241. The largest absolute Gasteiger partial charge is 0.396 e. The smallest absolute Gasteiger partial charge is 0.137 e. The van der Waals surface area contributed by atoms with Crippen LogP contribution in [-0.2, 0) is 6.54 Å². The predicted octanol–water partition coefficient (Wildman–Crippen LogP) is 3.09. The molecule has 0 aromatic heterocycles. The summed E-state index contributed by atoms with van der Waals surface area (Å²) in [5.74, 6) is -0.241. The van der Waals surface area contributed by atoms with Crippen LogP contribution < -0.4 is 5.32 Å². The third kappa shape index (κ3) is 5.15. The van der Waals surface area contributed by atoms with Gasteiger partial charge in [-0.2, -0.15) is 0 Å². The van der Waals surface area contributed by atoms with E-state index in [1.807, 2.05) is 0 Å². The predicted molar refractivity (Wildman–Crippen MR) is 71.3 cm³/mol. The first-order chi connectivity index (χ1) is 7.94. The van der Waals surface area contributed by atoms with Gasteiger partial charge in [0.2, 0.25) is 0 Å². The quantitative estimate of drug-likeness (QED) is 0.846. The van der Waals surface area contributed by atoms with Crippen molar-refractivity contribution in [2.45, 2.75) is 26.8 Å². The van der Waals surface area contributed by atoms with Crippen LogP contribution in [0.25, 0.3) is 0 Å². The Morgan fingerprint density at radius 1 is 1.41 bits per heavy atom. The summed E-state index contributed by atoms with van der Waals surface area (Å²) in [7, 11) is 0. The molecule has 4 heteroatoms. The average molecular weight is 304 g/mol. The first kappa shape index (κ1) is 14.6. The van der Waals surface area contributed by atoms with Crippen molar-refractivity contribution in [1.82, 2.24) is 5.32 Å². The lowest BCUT2D eigenvalue weighted by Gasteiger charge is -2.24. The topological polar surface area (TPSA) is 32.3 Å². The molecule has 0 saturated heterocycles. The maximum Gasteiger partial charge on any atom is 0.137 e. The Labute approximate surface area is 110 Å². The van der Waals surface area contributed by atoms with Gasteiger partial charge in [0.1, 0.15) is 5.82 Å². The normalized spacial score (nSPS) is 11.8. The van der Waals surface area contributed by atoms with Gasteiger partial charge in [0.25, 0.3) is 0 Å². The van der Waals surface area contributed by atoms with Crippen molar-refractivity contribution in [2.24, 2.45) is 5.41 Å². The van der Waals surface area contributed by atoms with E-state index in [1.165, 1.54) is 6.07 Å². The molecule has 0 unspecified atom stereocenters. The number of aliphatic hydroxyl groups is 1. The SMILES string of the molecule is CC(C)(CCO)CNCc1ccc(F)c(Br)c1. The molecule has 0 fully saturated rings. The van der Waals surface area contributed by atoms with Gasteiger partial charge >= 0.3 is 0 Å². The third-order valence-corrected chi connectivity index (χ3v) is 3.31. The van der Waals surface area contributed by atoms with Crippen LogP contribution in [0.2, 0.25) is 0 Å². The van der Waals surface area contributed by atoms with E-state index >= 15 is 0 Å². The highest BCUT2D eigenvalue weighted by atomic mass is 79.9. The van der Waals surface area contributed by atoms with Crippen molar-refractivity contribution in [2.75, 3.05) is 13.2 Å². The second-order valence-electron chi connectivity index (χ2n) is 4.99. The van der Waals surface area contributed by atoms with E-state index < -0.39 is 0 Å². The van der Waals surface area contributed by atoms with Crippen LogP contribution in [0.1, 0.15) is 25.8 Å². The Kier molecular flexibility index (Phi) is 5.56. The number of benzene rings is 1. The molecule has 96 valence electrons. The van der Waals surface area contributed by atoms with Crippen LogP contribution in [-0.4, -0.2) is 18.3 Å². The highest BCUT2D eigenvalue weighted by molar-refractivity contribution is 9.10. The second kappa shape index (κ2) is 6.47. The van der Waals surface area contributed by atoms with Crippen molar-refractivity contribution < 1.29 is 9.50 Å². The summed E-state index contributed by atoms with van der Waals surface area (Å²) in [6.45, 7) is 5.95. The zero-order valence-corrected chi connectivity index (χ0v) is 11.8. The fourth-order valence-corrected chi connectivity index (χ4v) is 2.01. The monoisotopic (exact) mass is 303 g/mol. The molecule has 0 atom stereocenters. The summed E-state index contributed by atoms with van der Waals surface area (Å²) >= 11 is 3.17. The second-order valence-corrected chi connectivity index (χ2v) is 5.84. The third-order valence-electron chi connectivity index (χ3n) is 2.71. The molecule has 0 saturated carbocycles. The lowest BCUT2D eigenvalue weighted by Crippen LogP contribution is -2.29. The Bertz CT molecular complexity index is 368. The van der Waals surface area contributed by atoms with E-state index in [0.717, 1.165) is 18.5 Å². The van der Waals surface area contributed by atoms with Crippen molar-refractivity contribution in [1.29, 1.82) is 0 Å². The molecule has 0 amide bonds. The van der Waals surface area contributed by atoms with Gasteiger partial charge in [-0.3, -0.25) is 0 Å². The summed E-state index contributed by atoms with van der Waals surface area (Å²) in [5.41, 5.74) is 1.12. The zero-order chi connectivity index (χ0) is 12.9. The number of halogens is 2. The average Bonchev–Trinajstić information content (AvgIpc) is 2.23. The standard InChI is InChI=1S/C13H19BrFNO/c1-13(2,5-6-17)9-16-8-10-3-4-12(15)11(14)7-10/h3-4,7,16-17H,5-6,8-9H2,1-2H3. The maximum absolute atomic E-state index is 13.0. The lowest BCUT2D eigenvalue weighted by molar-refractivity contribution is 0.207. The fraction of sp³-hybridized carbons (Fsp3) is 0.538. The van der Waals surface area contributed by atoms with E-state index in [1.54, 1.807) is 12.1 Å². The van der Waals surface area contributed by atoms with Gasteiger partial charge in [0.15, 0.2) is 0 Å². The number of aliphatic hydroxyl groups excluding tert-OH is 1. The zero-order valence-electron chi connectivity index (χ0n) is 10.3. The highest BCUT2D eigenvalue weighted by Crippen LogP contribution is 2.19. The molecule has 0 radical (unpaired) electrons. The highest BCUT2D eigenvalue weighted by Gasteiger charge is 2.16. The van der Waals surface area contributed by atoms with E-state index in [4.69, 9.17) is 5.11 Å². The van der Waals surface area contributed by atoms with Crippen molar-refractivity contribution in [3.05, 3.63) is 34.1 Å². The first-order valence-corrected chi connectivity index (χ1v) is 6.49. The summed E-state index contributed by atoms with van der Waals surface area (Å²) in [6, 6.07) is 5.01. The molecule has 0 aliphatic carbocycles. The Morgan fingerprint density at radius 3 is 2.71 bits per heavy atom. The molecule has 0 aliphatic rings. The molecule has 1 aromatic carbocycles. The van der Waals surface area contributed by atoms with Crippen molar-refractivity contribution in [3.63, 3.8) is 0 Å². The number of nitrogens with one attached hydrogen (secondary N) is 1. The molecule has 1 rings (SSSR count). The minimum absolute atomic E-state index is 0.0754. The van der Waals surface area contributed by atoms with Crippen LogP contribution in [0.3, 0.4) is 0 Å². The van der Waals surface area contributed by atoms with Crippen LogP contribution in [0, 0.1) is 11.2 Å². The molecule has 17 heavy (non-hydrogen) atoms. The Hall–Kier alpha value is -0.450. The van der Waals surface area contributed by atoms with Gasteiger partial charge < -0.3 is 10.4 Å². The van der Waals surface area contributed by atoms with Crippen LogP contribution >= 0.6 is 15.9 Å². The van der Waals surface area contributed by atoms with E-state index in [2.05, 4.69) is 35.1 Å². The van der Waals surface area contributed by atoms with Crippen LogP contribution in [0.4, 0.5) is 4.39 Å².